The highest BCUT2D eigenvalue weighted by molar-refractivity contribution is 5.89. The first-order chi connectivity index (χ1) is 19.6. The van der Waals surface area contributed by atoms with Gasteiger partial charge in [-0.1, -0.05) is 66.7 Å². The van der Waals surface area contributed by atoms with E-state index >= 15 is 0 Å². The van der Waals surface area contributed by atoms with Gasteiger partial charge in [0.05, 0.1) is 5.56 Å². The van der Waals surface area contributed by atoms with E-state index in [2.05, 4.69) is 39.9 Å². The first-order valence-electron chi connectivity index (χ1n) is 13.2. The Kier molecular flexibility index (Phi) is 8.50. The summed E-state index contributed by atoms with van der Waals surface area (Å²) in [5.74, 6) is -0.625. The Labute approximate surface area is 232 Å². The van der Waals surface area contributed by atoms with Crippen molar-refractivity contribution in [3.8, 4) is 11.1 Å². The quantitative estimate of drug-likeness (QED) is 0.160. The number of alkyl carbamates (subject to hydrolysis) is 1. The van der Waals surface area contributed by atoms with Crippen LogP contribution in [0.2, 0.25) is 0 Å². The molecular formula is C31H30N4O5. The monoisotopic (exact) mass is 538 g/mol. The van der Waals surface area contributed by atoms with E-state index in [0.717, 1.165) is 22.3 Å². The van der Waals surface area contributed by atoms with Gasteiger partial charge >= 0.3 is 18.1 Å². The number of esters is 1. The molecule has 1 aliphatic rings. The number of carbonyl (C=O) groups is 3. The van der Waals surface area contributed by atoms with E-state index in [4.69, 9.17) is 9.47 Å². The van der Waals surface area contributed by atoms with Crippen LogP contribution in [0.1, 0.15) is 46.7 Å². The Morgan fingerprint density at radius 2 is 1.55 bits per heavy atom. The number of fused-ring (bicyclic) bond motifs is 3. The van der Waals surface area contributed by atoms with Crippen molar-refractivity contribution in [2.45, 2.75) is 31.4 Å². The molecule has 1 heterocycles. The van der Waals surface area contributed by atoms with Crippen molar-refractivity contribution in [3.05, 3.63) is 114 Å². The maximum atomic E-state index is 12.9. The van der Waals surface area contributed by atoms with Crippen molar-refractivity contribution in [1.82, 2.24) is 20.2 Å². The second kappa shape index (κ2) is 12.8. The van der Waals surface area contributed by atoms with Crippen molar-refractivity contribution in [2.24, 2.45) is 0 Å². The Hall–Kier alpha value is -4.92. The number of amides is 2. The van der Waals surface area contributed by atoms with E-state index in [1.54, 1.807) is 36.5 Å². The molecule has 4 aromatic rings. The number of ether oxygens (including phenoxy) is 2. The first-order valence-corrected chi connectivity index (χ1v) is 13.2. The van der Waals surface area contributed by atoms with Gasteiger partial charge in [0.2, 0.25) is 0 Å². The molecule has 1 atom stereocenters. The second-order valence-electron chi connectivity index (χ2n) is 9.43. The Bertz CT molecular complexity index is 1410. The molecule has 5 rings (SSSR count). The molecule has 9 nitrogen and oxygen atoms in total. The van der Waals surface area contributed by atoms with Crippen LogP contribution in [0, 0.1) is 0 Å². The number of hydrogen-bond donors (Lipinski definition) is 2. The van der Waals surface area contributed by atoms with Gasteiger partial charge in [-0.05, 0) is 47.2 Å². The van der Waals surface area contributed by atoms with Gasteiger partial charge in [0.1, 0.15) is 12.9 Å². The molecule has 0 saturated heterocycles. The zero-order chi connectivity index (χ0) is 27.7. The summed E-state index contributed by atoms with van der Waals surface area (Å²) in [5, 5.41) is 5.51. The Morgan fingerprint density at radius 3 is 2.23 bits per heavy atom. The SMILES string of the molecule is O=C(NC(CCCCNC(=O)n1ccnc1)OC(=O)c1ccccc1)OCC1c2ccccc2-c2ccccc21. The van der Waals surface area contributed by atoms with Gasteiger partial charge < -0.3 is 14.8 Å². The number of nitrogens with one attached hydrogen (secondary N) is 2. The highest BCUT2D eigenvalue weighted by Gasteiger charge is 2.29. The summed E-state index contributed by atoms with van der Waals surface area (Å²) in [6.07, 6.45) is 4.50. The van der Waals surface area contributed by atoms with Gasteiger partial charge in [-0.25, -0.2) is 19.4 Å². The molecule has 2 N–H and O–H groups in total. The molecule has 1 aromatic heterocycles. The number of imidazole rings is 1. The van der Waals surface area contributed by atoms with E-state index < -0.39 is 18.3 Å². The molecule has 0 spiro atoms. The first kappa shape index (κ1) is 26.7. The number of hydrogen-bond acceptors (Lipinski definition) is 6. The van der Waals surface area contributed by atoms with Crippen molar-refractivity contribution in [3.63, 3.8) is 0 Å². The van der Waals surface area contributed by atoms with E-state index in [9.17, 15) is 14.4 Å². The molecule has 1 unspecified atom stereocenters. The average molecular weight is 539 g/mol. The smallest absolute Gasteiger partial charge is 0.410 e. The van der Waals surface area contributed by atoms with Crippen LogP contribution in [0.25, 0.3) is 11.1 Å². The molecular weight excluding hydrogens is 508 g/mol. The molecule has 204 valence electrons. The fraction of sp³-hybridized carbons (Fsp3) is 0.226. The summed E-state index contributed by atoms with van der Waals surface area (Å²) in [4.78, 5) is 41.5. The van der Waals surface area contributed by atoms with Crippen LogP contribution in [0.3, 0.4) is 0 Å². The lowest BCUT2D eigenvalue weighted by Crippen LogP contribution is -2.39. The molecule has 40 heavy (non-hydrogen) atoms. The third-order valence-electron chi connectivity index (χ3n) is 6.79. The van der Waals surface area contributed by atoms with Crippen molar-refractivity contribution >= 4 is 18.1 Å². The fourth-order valence-electron chi connectivity index (χ4n) is 4.82. The van der Waals surface area contributed by atoms with Crippen molar-refractivity contribution < 1.29 is 23.9 Å². The topological polar surface area (TPSA) is 112 Å². The molecule has 0 radical (unpaired) electrons. The predicted octanol–water partition coefficient (Wildman–Crippen LogP) is 5.33. The lowest BCUT2D eigenvalue weighted by Gasteiger charge is -2.20. The minimum Gasteiger partial charge on any atom is -0.448 e. The Morgan fingerprint density at radius 1 is 0.875 bits per heavy atom. The van der Waals surface area contributed by atoms with Gasteiger partial charge in [0, 0.05) is 31.3 Å². The van der Waals surface area contributed by atoms with Crippen LogP contribution in [-0.4, -0.2) is 47.0 Å². The fourth-order valence-corrected chi connectivity index (χ4v) is 4.82. The third-order valence-corrected chi connectivity index (χ3v) is 6.79. The maximum absolute atomic E-state index is 12.9. The van der Waals surface area contributed by atoms with E-state index in [0.29, 0.717) is 31.4 Å². The second-order valence-corrected chi connectivity index (χ2v) is 9.43. The minimum absolute atomic E-state index is 0.0809. The van der Waals surface area contributed by atoms with E-state index in [1.807, 2.05) is 24.3 Å². The van der Waals surface area contributed by atoms with E-state index in [1.165, 1.54) is 17.1 Å². The molecule has 0 bridgehead atoms. The van der Waals surface area contributed by atoms with Crippen LogP contribution in [0.5, 0.6) is 0 Å². The number of carbonyl (C=O) groups excluding carboxylic acids is 3. The zero-order valence-electron chi connectivity index (χ0n) is 21.9. The summed E-state index contributed by atoms with van der Waals surface area (Å²) in [6, 6.07) is 24.5. The molecule has 3 aromatic carbocycles. The normalized spacial score (nSPS) is 12.6. The van der Waals surface area contributed by atoms with Crippen LogP contribution in [-0.2, 0) is 9.47 Å². The number of benzene rings is 3. The van der Waals surface area contributed by atoms with Crippen LogP contribution < -0.4 is 10.6 Å². The summed E-state index contributed by atoms with van der Waals surface area (Å²) >= 11 is 0. The molecule has 0 aliphatic heterocycles. The number of unbranched alkanes of at least 4 members (excludes halogenated alkanes) is 1. The van der Waals surface area contributed by atoms with Crippen LogP contribution in [0.4, 0.5) is 9.59 Å². The minimum atomic E-state index is -0.896. The van der Waals surface area contributed by atoms with Gasteiger partial charge in [-0.3, -0.25) is 9.88 Å². The van der Waals surface area contributed by atoms with Gasteiger partial charge in [0.15, 0.2) is 6.23 Å². The van der Waals surface area contributed by atoms with Gasteiger partial charge in [-0.15, -0.1) is 0 Å². The van der Waals surface area contributed by atoms with Crippen LogP contribution >= 0.6 is 0 Å². The summed E-state index contributed by atoms with van der Waals surface area (Å²) in [6.45, 7) is 0.570. The largest absolute Gasteiger partial charge is 0.448 e. The predicted molar refractivity (Wildman–Crippen MR) is 149 cm³/mol. The molecule has 1 aliphatic carbocycles. The summed E-state index contributed by atoms with van der Waals surface area (Å²) < 4.78 is 12.6. The molecule has 0 saturated carbocycles. The lowest BCUT2D eigenvalue weighted by atomic mass is 9.98. The average Bonchev–Trinajstić information content (AvgIpc) is 3.63. The standard InChI is InChI=1S/C31H30N4O5/c36-29(22-10-2-1-3-11-22)40-28(16-8-9-17-33-30(37)35-19-18-32-21-35)34-31(38)39-20-27-25-14-6-4-12-23(25)24-13-5-7-15-26(24)27/h1-7,10-15,18-19,21,27-28H,8-9,16-17,20H2,(H,33,37)(H,34,38). The number of aromatic nitrogens is 2. The van der Waals surface area contributed by atoms with Crippen LogP contribution in [0.15, 0.2) is 97.6 Å². The van der Waals surface area contributed by atoms with Crippen molar-refractivity contribution in [2.75, 3.05) is 13.2 Å². The maximum Gasteiger partial charge on any atom is 0.410 e. The van der Waals surface area contributed by atoms with E-state index in [-0.39, 0.29) is 18.6 Å². The summed E-state index contributed by atoms with van der Waals surface area (Å²) in [5.41, 5.74) is 4.89. The number of nitrogens with zero attached hydrogens (tertiary/aromatic N) is 2. The van der Waals surface area contributed by atoms with Gasteiger partial charge in [0.25, 0.3) is 0 Å². The molecule has 9 heteroatoms. The molecule has 0 fully saturated rings. The zero-order valence-corrected chi connectivity index (χ0v) is 21.9. The third kappa shape index (κ3) is 6.37. The molecule has 2 amide bonds. The summed E-state index contributed by atoms with van der Waals surface area (Å²) in [7, 11) is 0. The highest BCUT2D eigenvalue weighted by atomic mass is 16.6. The number of rotatable bonds is 10. The highest BCUT2D eigenvalue weighted by Crippen LogP contribution is 2.44. The Balaban J connectivity index is 1.17. The lowest BCUT2D eigenvalue weighted by molar-refractivity contribution is 0.0175. The van der Waals surface area contributed by atoms with Crippen molar-refractivity contribution in [1.29, 1.82) is 0 Å². The van der Waals surface area contributed by atoms with Gasteiger partial charge in [-0.2, -0.15) is 0 Å².